The number of halogens is 1. The average Bonchev–Trinajstić information content (AvgIpc) is 3.29. The lowest BCUT2D eigenvalue weighted by molar-refractivity contribution is -0.139. The van der Waals surface area contributed by atoms with Gasteiger partial charge in [0, 0.05) is 11.0 Å². The lowest BCUT2D eigenvalue weighted by Gasteiger charge is -2.26. The van der Waals surface area contributed by atoms with Crippen LogP contribution in [0.25, 0.3) is 11.0 Å². The zero-order chi connectivity index (χ0) is 18.1. The standard InChI is InChI=1S/C20H20BrN3O2/c1-13(26-15-10-8-14(21)9-11-15)20(25)24-12-4-7-18(24)19-22-16-5-2-3-6-17(16)23-19/h2-3,5-6,8-11,13,18H,4,7,12H2,1H3,(H,22,23)/t13-,18+/m0/s1. The summed E-state index contributed by atoms with van der Waals surface area (Å²) in [5.41, 5.74) is 1.93. The Labute approximate surface area is 160 Å². The molecular weight excluding hydrogens is 394 g/mol. The third-order valence-corrected chi connectivity index (χ3v) is 5.26. The molecule has 0 aliphatic carbocycles. The topological polar surface area (TPSA) is 58.2 Å². The average molecular weight is 414 g/mol. The van der Waals surface area contributed by atoms with Crippen LogP contribution in [0.3, 0.4) is 0 Å². The number of aromatic amines is 1. The van der Waals surface area contributed by atoms with Gasteiger partial charge in [0.15, 0.2) is 6.10 Å². The van der Waals surface area contributed by atoms with E-state index < -0.39 is 6.10 Å². The number of hydrogen-bond donors (Lipinski definition) is 1. The first-order valence-corrected chi connectivity index (χ1v) is 9.58. The highest BCUT2D eigenvalue weighted by molar-refractivity contribution is 9.10. The number of imidazole rings is 1. The summed E-state index contributed by atoms with van der Waals surface area (Å²) >= 11 is 3.40. The third-order valence-electron chi connectivity index (χ3n) is 4.73. The Morgan fingerprint density at radius 1 is 1.27 bits per heavy atom. The Balaban J connectivity index is 1.51. The highest BCUT2D eigenvalue weighted by Crippen LogP contribution is 2.32. The maximum absolute atomic E-state index is 13.0. The van der Waals surface area contributed by atoms with E-state index in [9.17, 15) is 4.79 Å². The molecule has 1 fully saturated rings. The molecule has 1 aliphatic heterocycles. The summed E-state index contributed by atoms with van der Waals surface area (Å²) in [5.74, 6) is 1.54. The number of rotatable bonds is 4. The number of hydrogen-bond acceptors (Lipinski definition) is 3. The van der Waals surface area contributed by atoms with E-state index in [-0.39, 0.29) is 11.9 Å². The van der Waals surface area contributed by atoms with E-state index in [2.05, 4.69) is 25.9 Å². The van der Waals surface area contributed by atoms with Crippen LogP contribution in [0.5, 0.6) is 5.75 Å². The molecule has 2 atom stereocenters. The summed E-state index contributed by atoms with van der Waals surface area (Å²) in [6.45, 7) is 2.53. The van der Waals surface area contributed by atoms with Gasteiger partial charge in [-0.15, -0.1) is 0 Å². The summed E-state index contributed by atoms with van der Waals surface area (Å²) in [4.78, 5) is 22.9. The van der Waals surface area contributed by atoms with Gasteiger partial charge < -0.3 is 14.6 Å². The first kappa shape index (κ1) is 17.1. The molecular formula is C20H20BrN3O2. The lowest BCUT2D eigenvalue weighted by atomic mass is 10.2. The Morgan fingerprint density at radius 2 is 2.04 bits per heavy atom. The molecule has 0 unspecified atom stereocenters. The van der Waals surface area contributed by atoms with Gasteiger partial charge in [0.1, 0.15) is 11.6 Å². The first-order valence-electron chi connectivity index (χ1n) is 8.79. The van der Waals surface area contributed by atoms with Crippen LogP contribution < -0.4 is 4.74 Å². The summed E-state index contributed by atoms with van der Waals surface area (Å²) in [6.07, 6.45) is 1.34. The number of H-pyrrole nitrogens is 1. The Bertz CT molecular complexity index is 889. The highest BCUT2D eigenvalue weighted by Gasteiger charge is 2.35. The maximum atomic E-state index is 13.0. The fraction of sp³-hybridized carbons (Fsp3) is 0.300. The molecule has 1 saturated heterocycles. The Hall–Kier alpha value is -2.34. The summed E-state index contributed by atoms with van der Waals surface area (Å²) in [7, 11) is 0. The second-order valence-electron chi connectivity index (χ2n) is 6.54. The Kier molecular flexibility index (Phi) is 4.68. The SMILES string of the molecule is C[C@H](Oc1ccc(Br)cc1)C(=O)N1CCC[C@@H]1c1nc2ccccc2[nH]1. The molecule has 1 amide bonds. The molecule has 5 nitrogen and oxygen atoms in total. The van der Waals surface area contributed by atoms with Gasteiger partial charge in [-0.05, 0) is 56.2 Å². The van der Waals surface area contributed by atoms with Gasteiger partial charge in [-0.1, -0.05) is 28.1 Å². The van der Waals surface area contributed by atoms with Crippen LogP contribution in [0.4, 0.5) is 0 Å². The zero-order valence-corrected chi connectivity index (χ0v) is 16.1. The second-order valence-corrected chi connectivity index (χ2v) is 7.46. The zero-order valence-electron chi connectivity index (χ0n) is 14.5. The second kappa shape index (κ2) is 7.11. The van der Waals surface area contributed by atoms with Gasteiger partial charge in [0.2, 0.25) is 0 Å². The molecule has 4 rings (SSSR count). The maximum Gasteiger partial charge on any atom is 0.263 e. The van der Waals surface area contributed by atoms with Gasteiger partial charge in [-0.2, -0.15) is 0 Å². The number of nitrogens with one attached hydrogen (secondary N) is 1. The summed E-state index contributed by atoms with van der Waals surface area (Å²) < 4.78 is 6.82. The molecule has 0 saturated carbocycles. The predicted molar refractivity (Wildman–Crippen MR) is 104 cm³/mol. The normalized spacial score (nSPS) is 18.2. The minimum absolute atomic E-state index is 0.00382. The van der Waals surface area contributed by atoms with E-state index in [1.54, 1.807) is 6.92 Å². The van der Waals surface area contributed by atoms with E-state index in [1.807, 2.05) is 53.4 Å². The molecule has 0 spiro atoms. The molecule has 6 heteroatoms. The number of nitrogens with zero attached hydrogens (tertiary/aromatic N) is 2. The van der Waals surface area contributed by atoms with Crippen LogP contribution in [0.1, 0.15) is 31.6 Å². The number of ether oxygens (including phenoxy) is 1. The number of para-hydroxylation sites is 2. The minimum atomic E-state index is -0.541. The smallest absolute Gasteiger partial charge is 0.263 e. The molecule has 1 aliphatic rings. The van der Waals surface area contributed by atoms with Crippen molar-refractivity contribution in [2.24, 2.45) is 0 Å². The van der Waals surface area contributed by atoms with Gasteiger partial charge in [0.25, 0.3) is 5.91 Å². The quantitative estimate of drug-likeness (QED) is 0.686. The van der Waals surface area contributed by atoms with Crippen LogP contribution >= 0.6 is 15.9 Å². The number of carbonyl (C=O) groups is 1. The van der Waals surface area contributed by atoms with Crippen LogP contribution in [0.15, 0.2) is 53.0 Å². The van der Waals surface area contributed by atoms with Gasteiger partial charge in [-0.25, -0.2) is 4.98 Å². The van der Waals surface area contributed by atoms with Crippen LogP contribution in [-0.4, -0.2) is 33.4 Å². The molecule has 0 radical (unpaired) electrons. The fourth-order valence-corrected chi connectivity index (χ4v) is 3.71. The van der Waals surface area contributed by atoms with Crippen LogP contribution in [0, 0.1) is 0 Å². The van der Waals surface area contributed by atoms with Crippen molar-refractivity contribution < 1.29 is 9.53 Å². The van der Waals surface area contributed by atoms with Gasteiger partial charge >= 0.3 is 0 Å². The molecule has 3 aromatic rings. The molecule has 2 aromatic carbocycles. The molecule has 1 aromatic heterocycles. The molecule has 134 valence electrons. The van der Waals surface area contributed by atoms with E-state index >= 15 is 0 Å². The Morgan fingerprint density at radius 3 is 2.81 bits per heavy atom. The van der Waals surface area contributed by atoms with E-state index in [1.165, 1.54) is 0 Å². The van der Waals surface area contributed by atoms with E-state index in [4.69, 9.17) is 4.74 Å². The fourth-order valence-electron chi connectivity index (χ4n) is 3.45. The van der Waals surface area contributed by atoms with Crippen molar-refractivity contribution in [3.8, 4) is 5.75 Å². The number of likely N-dealkylation sites (tertiary alicyclic amines) is 1. The van der Waals surface area contributed by atoms with Gasteiger partial charge in [0.05, 0.1) is 17.1 Å². The summed E-state index contributed by atoms with van der Waals surface area (Å²) in [6, 6.07) is 15.4. The number of amides is 1. The van der Waals surface area contributed by atoms with Crippen molar-refractivity contribution in [1.29, 1.82) is 0 Å². The molecule has 0 bridgehead atoms. The number of carbonyl (C=O) groups excluding carboxylic acids is 1. The summed E-state index contributed by atoms with van der Waals surface area (Å²) in [5, 5.41) is 0. The van der Waals surface area contributed by atoms with E-state index in [0.717, 1.165) is 40.7 Å². The van der Waals surface area contributed by atoms with Crippen molar-refractivity contribution in [3.63, 3.8) is 0 Å². The largest absolute Gasteiger partial charge is 0.481 e. The number of fused-ring (bicyclic) bond motifs is 1. The molecule has 1 N–H and O–H groups in total. The lowest BCUT2D eigenvalue weighted by Crippen LogP contribution is -2.40. The van der Waals surface area contributed by atoms with Crippen molar-refractivity contribution in [3.05, 3.63) is 58.8 Å². The highest BCUT2D eigenvalue weighted by atomic mass is 79.9. The van der Waals surface area contributed by atoms with Crippen molar-refractivity contribution in [2.75, 3.05) is 6.54 Å². The van der Waals surface area contributed by atoms with Crippen molar-refractivity contribution >= 4 is 32.9 Å². The van der Waals surface area contributed by atoms with Crippen LogP contribution in [-0.2, 0) is 4.79 Å². The van der Waals surface area contributed by atoms with E-state index in [0.29, 0.717) is 5.75 Å². The number of benzene rings is 2. The van der Waals surface area contributed by atoms with Gasteiger partial charge in [-0.3, -0.25) is 4.79 Å². The first-order chi connectivity index (χ1) is 12.6. The molecule has 2 heterocycles. The monoisotopic (exact) mass is 413 g/mol. The van der Waals surface area contributed by atoms with Crippen molar-refractivity contribution in [1.82, 2.24) is 14.9 Å². The minimum Gasteiger partial charge on any atom is -0.481 e. The third kappa shape index (κ3) is 3.33. The van der Waals surface area contributed by atoms with Crippen molar-refractivity contribution in [2.45, 2.75) is 31.9 Å². The number of aromatic nitrogens is 2. The molecule has 26 heavy (non-hydrogen) atoms. The van der Waals surface area contributed by atoms with Crippen LogP contribution in [0.2, 0.25) is 0 Å². The predicted octanol–water partition coefficient (Wildman–Crippen LogP) is 4.46.